The second kappa shape index (κ2) is 54.1. The third-order valence-electron chi connectivity index (χ3n) is 5.14. The second-order valence-corrected chi connectivity index (χ2v) is 8.12. The van der Waals surface area contributed by atoms with Gasteiger partial charge in [-0.05, 0) is 49.2 Å². The van der Waals surface area contributed by atoms with Crippen molar-refractivity contribution in [1.29, 1.82) is 0 Å². The average molecular weight is 915 g/mol. The summed E-state index contributed by atoms with van der Waals surface area (Å²) in [5, 5.41) is 82.2. The molecule has 0 aromatic heterocycles. The summed E-state index contributed by atoms with van der Waals surface area (Å²) in [5.41, 5.74) is 2.56. The number of benzene rings is 4. The van der Waals surface area contributed by atoms with Crippen LogP contribution in [0.15, 0.2) is 105 Å². The molecule has 10 N–H and O–H groups in total. The van der Waals surface area contributed by atoms with Gasteiger partial charge in [0.1, 0.15) is 0 Å². The van der Waals surface area contributed by atoms with Crippen LogP contribution < -0.4 is 339 Å². The van der Waals surface area contributed by atoms with Gasteiger partial charge in [0.15, 0.2) is 0 Å². The molecule has 54 heavy (non-hydrogen) atoms. The molecule has 0 atom stereocenters. The van der Waals surface area contributed by atoms with E-state index in [0.717, 1.165) is 11.1 Å². The number of hydrogen-bond donors (Lipinski definition) is 0. The number of hydrogen-bond acceptors (Lipinski definition) is 20. The first-order valence-corrected chi connectivity index (χ1v) is 11.4. The smallest absolute Gasteiger partial charge is 0.871 e. The largest absolute Gasteiger partial charge is 1.00 e. The zero-order chi connectivity index (χ0) is 27.7. The van der Waals surface area contributed by atoms with E-state index in [2.05, 4.69) is 20.5 Å². The molecular weight excluding hydrogens is 883 g/mol. The Bertz CT molecular complexity index is 1380. The molecule has 0 amide bonds. The van der Waals surface area contributed by atoms with E-state index in [-0.39, 0.29) is 408 Å². The van der Waals surface area contributed by atoms with Crippen LogP contribution in [0.25, 0.3) is 0 Å². The fraction of sp³-hybridized carbons (Fsp3) is 0.143. The molecule has 0 saturated heterocycles. The Hall–Kier alpha value is 4.94. The summed E-state index contributed by atoms with van der Waals surface area (Å²) in [6.45, 7) is 3.66. The van der Waals surface area contributed by atoms with Gasteiger partial charge in [-0.1, -0.05) is 83.3 Å². The Balaban J connectivity index is -0.0000000381. The molecule has 0 saturated carbocycles. The molecule has 0 aliphatic heterocycles. The summed E-state index contributed by atoms with van der Waals surface area (Å²) in [6, 6.07) is 21.7. The third-order valence-corrected chi connectivity index (χ3v) is 5.14. The van der Waals surface area contributed by atoms with E-state index in [4.69, 9.17) is 0 Å². The van der Waals surface area contributed by atoms with Crippen molar-refractivity contribution in [2.75, 3.05) is 0 Å². The summed E-state index contributed by atoms with van der Waals surface area (Å²) >= 11 is 0. The topological polar surface area (TPSA) is 488 Å². The standard InChI is InChI=1S/2C14H12N2O3.6K.10H2O/c2*1-9-6-7-13(17)12(8-9)16-15-11-5-3-2-4-10(11)14(18)19;;;;;;;;;;;;;;;;/h2*2-8,14,17H,1H3;;;;;;;10*1H2/q2*-2;6*+1;;;;;;;;;;/p-12. The predicted molar refractivity (Wildman–Crippen MR) is 147 cm³/mol. The Kier molecular flexibility index (Phi) is 98.1. The van der Waals surface area contributed by atoms with Gasteiger partial charge in [-0.15, -0.1) is 0 Å². The second-order valence-electron chi connectivity index (χ2n) is 8.12. The molecule has 0 radical (unpaired) electrons. The summed E-state index contributed by atoms with van der Waals surface area (Å²) < 4.78 is 0. The Labute approximate surface area is 567 Å². The van der Waals surface area contributed by atoms with Crippen LogP contribution in [0.3, 0.4) is 0 Å². The minimum atomic E-state index is -2.13. The van der Waals surface area contributed by atoms with E-state index >= 15 is 0 Å². The first kappa shape index (κ1) is 98.0. The molecule has 4 aromatic rings. The van der Waals surface area contributed by atoms with Crippen LogP contribution >= 0.6 is 0 Å². The molecule has 0 fully saturated rings. The Morgan fingerprint density at radius 2 is 0.611 bits per heavy atom. The fourth-order valence-electron chi connectivity index (χ4n) is 3.18. The van der Waals surface area contributed by atoms with Gasteiger partial charge in [-0.3, -0.25) is 0 Å². The monoisotopic (exact) mass is 914 g/mol. The van der Waals surface area contributed by atoms with Gasteiger partial charge in [-0.2, -0.15) is 33.0 Å². The van der Waals surface area contributed by atoms with Crippen molar-refractivity contribution in [2.45, 2.75) is 26.4 Å². The maximum absolute atomic E-state index is 11.5. The molecule has 0 bridgehead atoms. The van der Waals surface area contributed by atoms with E-state index in [1.54, 1.807) is 48.5 Å². The fourth-order valence-corrected chi connectivity index (χ4v) is 3.18. The van der Waals surface area contributed by atoms with Crippen LogP contribution in [-0.4, -0.2) is 54.8 Å². The number of nitrogens with zero attached hydrogens (tertiary/aromatic N) is 4. The van der Waals surface area contributed by atoms with Gasteiger partial charge >= 0.3 is 308 Å². The van der Waals surface area contributed by atoms with Crippen LogP contribution in [-0.2, 0) is 0 Å². The van der Waals surface area contributed by atoms with Gasteiger partial charge in [0.05, 0.1) is 22.7 Å². The van der Waals surface area contributed by atoms with E-state index in [1.165, 1.54) is 36.4 Å². The van der Waals surface area contributed by atoms with Crippen LogP contribution in [0.2, 0.25) is 0 Å². The molecule has 0 aliphatic rings. The van der Waals surface area contributed by atoms with Crippen molar-refractivity contribution >= 4 is 22.7 Å². The Morgan fingerprint density at radius 3 is 0.870 bits per heavy atom. The van der Waals surface area contributed by atoms with E-state index in [1.807, 2.05) is 13.8 Å². The van der Waals surface area contributed by atoms with E-state index in [9.17, 15) is 30.6 Å². The van der Waals surface area contributed by atoms with Gasteiger partial charge in [0.2, 0.25) is 0 Å². The van der Waals surface area contributed by atoms with Gasteiger partial charge < -0.3 is 85.4 Å². The zero-order valence-electron chi connectivity index (χ0n) is 30.9. The number of azo groups is 2. The SMILES string of the molecule is Cc1ccc([O-])c(N=Nc2ccccc2C([O-])[O-])c1.Cc1ccc([O-])c(N=Nc2ccccc2C([O-])[O-])c1.[K+].[K+].[K+].[K+].[K+].[K+].[OH-].[OH-].[OH-].[OH-].[OH-].[OH-].[OH-].[OH-].[OH-].[OH-]. The average Bonchev–Trinajstić information content (AvgIpc) is 2.90. The Morgan fingerprint density at radius 1 is 0.370 bits per heavy atom. The summed E-state index contributed by atoms with van der Waals surface area (Å²) in [5.74, 6) is -0.514. The number of aryl methyl sites for hydroxylation is 2. The predicted octanol–water partition coefficient (Wildman–Crippen LogP) is -17.3. The molecule has 0 aliphatic carbocycles. The maximum Gasteiger partial charge on any atom is 1.00 e. The summed E-state index contributed by atoms with van der Waals surface area (Å²) in [6.07, 6.45) is -4.25. The number of rotatable bonds is 6. The van der Waals surface area contributed by atoms with Gasteiger partial charge in [-0.25, -0.2) is 0 Å². The normalized spacial score (nSPS) is 8.00. The molecular formula is C28H32K6N4O16-10. The first-order chi connectivity index (χ1) is 18.2. The molecule has 26 heteroatoms. The van der Waals surface area contributed by atoms with Crippen LogP contribution in [0.4, 0.5) is 22.7 Å². The van der Waals surface area contributed by atoms with Crippen LogP contribution in [0.5, 0.6) is 11.5 Å². The minimum Gasteiger partial charge on any atom is -0.871 e. The van der Waals surface area contributed by atoms with Crippen molar-refractivity contribution in [1.82, 2.24) is 0 Å². The van der Waals surface area contributed by atoms with Crippen LogP contribution in [0, 0.1) is 13.8 Å². The van der Waals surface area contributed by atoms with Gasteiger partial charge in [0.25, 0.3) is 0 Å². The maximum atomic E-state index is 11.5. The van der Waals surface area contributed by atoms with Crippen molar-refractivity contribution in [3.63, 3.8) is 0 Å². The van der Waals surface area contributed by atoms with Crippen molar-refractivity contribution < 1.29 is 394 Å². The zero-order valence-corrected chi connectivity index (χ0v) is 49.7. The first-order valence-electron chi connectivity index (χ1n) is 11.4. The molecule has 0 unspecified atom stereocenters. The summed E-state index contributed by atoms with van der Waals surface area (Å²) in [4.78, 5) is 0. The van der Waals surface area contributed by atoms with E-state index < -0.39 is 12.6 Å². The third kappa shape index (κ3) is 35.4. The van der Waals surface area contributed by atoms with Crippen LogP contribution in [0.1, 0.15) is 34.8 Å². The minimum absolute atomic E-state index is 0. The van der Waals surface area contributed by atoms with Crippen molar-refractivity contribution in [3.8, 4) is 11.5 Å². The molecule has 0 heterocycles. The van der Waals surface area contributed by atoms with Crippen molar-refractivity contribution in [2.24, 2.45) is 20.5 Å². The summed E-state index contributed by atoms with van der Waals surface area (Å²) in [7, 11) is 0. The van der Waals surface area contributed by atoms with E-state index in [0.29, 0.717) is 0 Å². The molecule has 20 nitrogen and oxygen atoms in total. The molecule has 0 spiro atoms. The molecule has 276 valence electrons. The quantitative estimate of drug-likeness (QED) is 0.0984. The van der Waals surface area contributed by atoms with Gasteiger partial charge in [0, 0.05) is 0 Å². The van der Waals surface area contributed by atoms with Crippen molar-refractivity contribution in [3.05, 3.63) is 107 Å². The molecule has 4 aromatic carbocycles. The molecule has 4 rings (SSSR count).